The molecule has 2 N–H and O–H groups in total. The number of hydrogen-bond donors (Lipinski definition) is 2. The van der Waals surface area contributed by atoms with Crippen molar-refractivity contribution in [3.05, 3.63) is 52.5 Å². The molecule has 8 heteroatoms. The summed E-state index contributed by atoms with van der Waals surface area (Å²) >= 11 is 3.30. The highest BCUT2D eigenvalue weighted by Gasteiger charge is 2.33. The Balaban J connectivity index is 1.73. The van der Waals surface area contributed by atoms with Crippen molar-refractivity contribution in [1.82, 2.24) is 4.31 Å². The molecule has 1 saturated heterocycles. The molecule has 0 saturated carbocycles. The lowest BCUT2D eigenvalue weighted by Crippen LogP contribution is -2.43. The number of amides is 1. The van der Waals surface area contributed by atoms with E-state index in [4.69, 9.17) is 0 Å². The van der Waals surface area contributed by atoms with Crippen LogP contribution < -0.4 is 5.32 Å². The number of carbonyl (C=O) groups is 1. The summed E-state index contributed by atoms with van der Waals surface area (Å²) in [5.41, 5.74) is 1.22. The zero-order valence-corrected chi connectivity index (χ0v) is 17.3. The van der Waals surface area contributed by atoms with Gasteiger partial charge in [0.25, 0.3) is 0 Å². The zero-order valence-electron chi connectivity index (χ0n) is 14.9. The lowest BCUT2D eigenvalue weighted by molar-refractivity contribution is -0.120. The maximum Gasteiger partial charge on any atom is 0.243 e. The van der Waals surface area contributed by atoms with Crippen LogP contribution in [0.2, 0.25) is 0 Å². The Morgan fingerprint density at radius 3 is 2.59 bits per heavy atom. The van der Waals surface area contributed by atoms with Gasteiger partial charge in [0, 0.05) is 17.6 Å². The molecule has 1 aliphatic heterocycles. The van der Waals surface area contributed by atoms with Gasteiger partial charge in [-0.2, -0.15) is 4.31 Å². The van der Waals surface area contributed by atoms with E-state index >= 15 is 0 Å². The summed E-state index contributed by atoms with van der Waals surface area (Å²) in [5, 5.41) is 12.7. The standard InChI is InChI=1S/C19H21BrN2O4S/c1-13-4-9-17(18(23)11-13)21-19(24)14-3-2-10-22(12-14)27(25,26)16-7-5-15(20)6-8-16/h4-9,11,14,23H,2-3,10,12H2,1H3,(H,21,24). The lowest BCUT2D eigenvalue weighted by Gasteiger charge is -2.31. The first-order chi connectivity index (χ1) is 12.8. The number of rotatable bonds is 4. The third kappa shape index (κ3) is 4.51. The van der Waals surface area contributed by atoms with E-state index < -0.39 is 15.9 Å². The minimum absolute atomic E-state index is 0.00139. The van der Waals surface area contributed by atoms with Gasteiger partial charge in [-0.15, -0.1) is 0 Å². The van der Waals surface area contributed by atoms with E-state index in [1.54, 1.807) is 42.5 Å². The number of sulfonamides is 1. The quantitative estimate of drug-likeness (QED) is 0.694. The fourth-order valence-corrected chi connectivity index (χ4v) is 4.90. The second-order valence-corrected chi connectivity index (χ2v) is 9.52. The summed E-state index contributed by atoms with van der Waals surface area (Å²) in [6.07, 6.45) is 1.21. The van der Waals surface area contributed by atoms with E-state index in [0.29, 0.717) is 25.1 Å². The summed E-state index contributed by atoms with van der Waals surface area (Å²) in [6, 6.07) is 11.5. The highest BCUT2D eigenvalue weighted by Crippen LogP contribution is 2.28. The van der Waals surface area contributed by atoms with Crippen LogP contribution in [-0.4, -0.2) is 36.8 Å². The topological polar surface area (TPSA) is 86.7 Å². The number of benzene rings is 2. The Bertz CT molecular complexity index is 945. The molecule has 144 valence electrons. The van der Waals surface area contributed by atoms with Gasteiger partial charge in [-0.05, 0) is 61.7 Å². The van der Waals surface area contributed by atoms with Crippen LogP contribution >= 0.6 is 15.9 Å². The van der Waals surface area contributed by atoms with Gasteiger partial charge >= 0.3 is 0 Å². The smallest absolute Gasteiger partial charge is 0.243 e. The van der Waals surface area contributed by atoms with Gasteiger partial charge < -0.3 is 10.4 Å². The number of hydrogen-bond acceptors (Lipinski definition) is 4. The SMILES string of the molecule is Cc1ccc(NC(=O)C2CCCN(S(=O)(=O)c3ccc(Br)cc3)C2)c(O)c1. The molecule has 0 aromatic heterocycles. The molecule has 1 atom stereocenters. The minimum Gasteiger partial charge on any atom is -0.506 e. The van der Waals surface area contributed by atoms with E-state index in [1.807, 2.05) is 6.92 Å². The van der Waals surface area contributed by atoms with Crippen molar-refractivity contribution >= 4 is 37.5 Å². The van der Waals surface area contributed by atoms with Gasteiger partial charge in [-0.1, -0.05) is 22.0 Å². The van der Waals surface area contributed by atoms with Crippen molar-refractivity contribution in [3.8, 4) is 5.75 Å². The van der Waals surface area contributed by atoms with Crippen LogP contribution in [0.1, 0.15) is 18.4 Å². The summed E-state index contributed by atoms with van der Waals surface area (Å²) in [7, 11) is -3.65. The third-order valence-corrected chi connectivity index (χ3v) is 7.03. The lowest BCUT2D eigenvalue weighted by atomic mass is 9.98. The van der Waals surface area contributed by atoms with Crippen molar-refractivity contribution in [3.63, 3.8) is 0 Å². The molecular weight excluding hydrogens is 432 g/mol. The van der Waals surface area contributed by atoms with Gasteiger partial charge in [0.1, 0.15) is 5.75 Å². The molecule has 1 heterocycles. The van der Waals surface area contributed by atoms with Crippen LogP contribution in [-0.2, 0) is 14.8 Å². The third-order valence-electron chi connectivity index (χ3n) is 4.62. The highest BCUT2D eigenvalue weighted by atomic mass is 79.9. The number of halogens is 1. The number of nitrogens with one attached hydrogen (secondary N) is 1. The number of phenolic OH excluding ortho intramolecular Hbond substituents is 1. The average molecular weight is 453 g/mol. The van der Waals surface area contributed by atoms with Gasteiger partial charge in [0.05, 0.1) is 16.5 Å². The van der Waals surface area contributed by atoms with Crippen LogP contribution in [0, 0.1) is 12.8 Å². The Kier molecular flexibility index (Phi) is 5.88. The normalized spacial score (nSPS) is 18.2. The van der Waals surface area contributed by atoms with E-state index in [9.17, 15) is 18.3 Å². The molecular formula is C19H21BrN2O4S. The van der Waals surface area contributed by atoms with Crippen molar-refractivity contribution in [2.45, 2.75) is 24.7 Å². The Morgan fingerprint density at radius 1 is 1.22 bits per heavy atom. The number of aromatic hydroxyl groups is 1. The Labute approximate surface area is 167 Å². The Hall–Kier alpha value is -1.90. The number of piperidine rings is 1. The molecule has 2 aromatic carbocycles. The van der Waals surface area contributed by atoms with Crippen molar-refractivity contribution in [1.29, 1.82) is 0 Å². The van der Waals surface area contributed by atoms with E-state index in [1.165, 1.54) is 4.31 Å². The highest BCUT2D eigenvalue weighted by molar-refractivity contribution is 9.10. The van der Waals surface area contributed by atoms with Crippen molar-refractivity contribution in [2.24, 2.45) is 5.92 Å². The first-order valence-corrected chi connectivity index (χ1v) is 10.9. The first kappa shape index (κ1) is 19.9. The minimum atomic E-state index is -3.65. The summed E-state index contributed by atoms with van der Waals surface area (Å²) in [5.74, 6) is -0.756. The van der Waals surface area contributed by atoms with Crippen LogP contribution in [0.25, 0.3) is 0 Å². The number of carbonyl (C=O) groups excluding carboxylic acids is 1. The molecule has 0 spiro atoms. The first-order valence-electron chi connectivity index (χ1n) is 8.63. The van der Waals surface area contributed by atoms with E-state index in [-0.39, 0.29) is 23.1 Å². The predicted octanol–water partition coefficient (Wildman–Crippen LogP) is 3.50. The fraction of sp³-hybridized carbons (Fsp3) is 0.316. The summed E-state index contributed by atoms with van der Waals surface area (Å²) in [6.45, 7) is 2.35. The van der Waals surface area contributed by atoms with Crippen LogP contribution in [0.4, 0.5) is 5.69 Å². The van der Waals surface area contributed by atoms with Crippen LogP contribution in [0.15, 0.2) is 51.8 Å². The van der Waals surface area contributed by atoms with E-state index in [0.717, 1.165) is 10.0 Å². The monoisotopic (exact) mass is 452 g/mol. The summed E-state index contributed by atoms with van der Waals surface area (Å²) in [4.78, 5) is 12.8. The Morgan fingerprint density at radius 2 is 1.93 bits per heavy atom. The van der Waals surface area contributed by atoms with Gasteiger partial charge in [0.15, 0.2) is 0 Å². The zero-order chi connectivity index (χ0) is 19.6. The van der Waals surface area contributed by atoms with Crippen LogP contribution in [0.5, 0.6) is 5.75 Å². The summed E-state index contributed by atoms with van der Waals surface area (Å²) < 4.78 is 27.9. The molecule has 6 nitrogen and oxygen atoms in total. The predicted molar refractivity (Wildman–Crippen MR) is 107 cm³/mol. The molecule has 2 aromatic rings. The second kappa shape index (κ2) is 8.00. The molecule has 0 aliphatic carbocycles. The molecule has 1 amide bonds. The van der Waals surface area contributed by atoms with Crippen molar-refractivity contribution in [2.75, 3.05) is 18.4 Å². The average Bonchev–Trinajstić information content (AvgIpc) is 2.64. The number of anilines is 1. The molecule has 1 aliphatic rings. The number of aryl methyl sites for hydroxylation is 1. The molecule has 0 bridgehead atoms. The molecule has 0 radical (unpaired) electrons. The number of phenols is 1. The maximum absolute atomic E-state index is 12.9. The maximum atomic E-state index is 12.9. The number of nitrogens with zero attached hydrogens (tertiary/aromatic N) is 1. The van der Waals surface area contributed by atoms with Gasteiger partial charge in [0.2, 0.25) is 15.9 Å². The second-order valence-electron chi connectivity index (χ2n) is 6.67. The fourth-order valence-electron chi connectivity index (χ4n) is 3.11. The molecule has 1 unspecified atom stereocenters. The molecule has 27 heavy (non-hydrogen) atoms. The van der Waals surface area contributed by atoms with Crippen molar-refractivity contribution < 1.29 is 18.3 Å². The molecule has 3 rings (SSSR count). The van der Waals surface area contributed by atoms with Gasteiger partial charge in [-0.3, -0.25) is 4.79 Å². The van der Waals surface area contributed by atoms with E-state index in [2.05, 4.69) is 21.2 Å². The van der Waals surface area contributed by atoms with Crippen LogP contribution in [0.3, 0.4) is 0 Å². The molecule has 1 fully saturated rings. The largest absolute Gasteiger partial charge is 0.506 e. The van der Waals surface area contributed by atoms with Gasteiger partial charge in [-0.25, -0.2) is 8.42 Å².